The van der Waals surface area contributed by atoms with Crippen LogP contribution >= 0.6 is 22.9 Å². The van der Waals surface area contributed by atoms with Crippen molar-refractivity contribution in [2.75, 3.05) is 11.9 Å². The largest absolute Gasteiger partial charge is 0.360 e. The summed E-state index contributed by atoms with van der Waals surface area (Å²) >= 11 is 7.66. The monoisotopic (exact) mass is 218 g/mol. The summed E-state index contributed by atoms with van der Waals surface area (Å²) in [5, 5.41) is 4.41. The maximum absolute atomic E-state index is 5.98. The molecule has 0 aliphatic carbocycles. The lowest BCUT2D eigenvalue weighted by Gasteiger charge is -2.05. The van der Waals surface area contributed by atoms with Crippen LogP contribution in [-0.4, -0.2) is 16.9 Å². The summed E-state index contributed by atoms with van der Waals surface area (Å²) < 4.78 is 0. The van der Waals surface area contributed by atoms with Crippen LogP contribution in [0.25, 0.3) is 0 Å². The Balaban J connectivity index is 2.45. The molecular formula is C9H15ClN2S. The average Bonchev–Trinajstić information content (AvgIpc) is 2.42. The van der Waals surface area contributed by atoms with Crippen LogP contribution < -0.4 is 5.32 Å². The highest BCUT2D eigenvalue weighted by Crippen LogP contribution is 2.21. The van der Waals surface area contributed by atoms with Crippen molar-refractivity contribution in [1.29, 1.82) is 0 Å². The molecule has 4 heteroatoms. The van der Waals surface area contributed by atoms with E-state index in [1.165, 1.54) is 4.88 Å². The summed E-state index contributed by atoms with van der Waals surface area (Å²) in [4.78, 5) is 5.63. The van der Waals surface area contributed by atoms with Gasteiger partial charge >= 0.3 is 0 Å². The fourth-order valence-corrected chi connectivity index (χ4v) is 1.79. The van der Waals surface area contributed by atoms with E-state index < -0.39 is 0 Å². The maximum atomic E-state index is 5.98. The molecule has 1 unspecified atom stereocenters. The number of aromatic nitrogens is 1. The molecule has 1 atom stereocenters. The number of hydrogen-bond donors (Lipinski definition) is 1. The highest BCUT2D eigenvalue weighted by molar-refractivity contribution is 7.15. The van der Waals surface area contributed by atoms with Crippen molar-refractivity contribution in [3.63, 3.8) is 0 Å². The Hall–Kier alpha value is -0.280. The Labute approximate surface area is 88.3 Å². The fraction of sp³-hybridized carbons (Fsp3) is 0.667. The van der Waals surface area contributed by atoms with Crippen LogP contribution in [0.15, 0.2) is 0 Å². The Morgan fingerprint density at radius 1 is 1.54 bits per heavy atom. The van der Waals surface area contributed by atoms with Crippen LogP contribution in [0.5, 0.6) is 0 Å². The van der Waals surface area contributed by atoms with Gasteiger partial charge in [0.25, 0.3) is 0 Å². The van der Waals surface area contributed by atoms with E-state index in [0.717, 1.165) is 23.8 Å². The SMILES string of the molecule is CCC(Cl)CNc1nc(C)c(C)s1. The Morgan fingerprint density at radius 2 is 2.23 bits per heavy atom. The minimum absolute atomic E-state index is 0.199. The quantitative estimate of drug-likeness (QED) is 0.786. The third kappa shape index (κ3) is 3.16. The van der Waals surface area contributed by atoms with Crippen molar-refractivity contribution in [2.45, 2.75) is 32.6 Å². The molecule has 1 heterocycles. The second kappa shape index (κ2) is 4.82. The smallest absolute Gasteiger partial charge is 0.183 e. The molecule has 0 fully saturated rings. The lowest BCUT2D eigenvalue weighted by Crippen LogP contribution is -2.12. The molecule has 2 nitrogen and oxygen atoms in total. The predicted molar refractivity (Wildman–Crippen MR) is 60.0 cm³/mol. The zero-order valence-electron chi connectivity index (χ0n) is 8.22. The number of nitrogens with zero attached hydrogens (tertiary/aromatic N) is 1. The predicted octanol–water partition coefficient (Wildman–Crippen LogP) is 3.19. The molecule has 0 radical (unpaired) electrons. The van der Waals surface area contributed by atoms with Crippen molar-refractivity contribution in [3.8, 4) is 0 Å². The zero-order valence-corrected chi connectivity index (χ0v) is 9.80. The van der Waals surface area contributed by atoms with Crippen molar-refractivity contribution in [2.24, 2.45) is 0 Å². The van der Waals surface area contributed by atoms with Gasteiger partial charge in [-0.05, 0) is 20.3 Å². The van der Waals surface area contributed by atoms with Gasteiger partial charge in [0.1, 0.15) is 0 Å². The minimum Gasteiger partial charge on any atom is -0.360 e. The van der Waals surface area contributed by atoms with E-state index in [9.17, 15) is 0 Å². The van der Waals surface area contributed by atoms with Gasteiger partial charge < -0.3 is 5.32 Å². The number of hydrogen-bond acceptors (Lipinski definition) is 3. The van der Waals surface area contributed by atoms with Gasteiger partial charge in [-0.2, -0.15) is 0 Å². The summed E-state index contributed by atoms with van der Waals surface area (Å²) in [7, 11) is 0. The summed E-state index contributed by atoms with van der Waals surface area (Å²) in [6.45, 7) is 6.98. The molecule has 0 saturated carbocycles. The number of rotatable bonds is 4. The van der Waals surface area contributed by atoms with Gasteiger partial charge in [0.15, 0.2) is 5.13 Å². The van der Waals surface area contributed by atoms with E-state index >= 15 is 0 Å². The van der Waals surface area contributed by atoms with Gasteiger partial charge in [0.05, 0.1) is 11.1 Å². The number of anilines is 1. The molecule has 1 aromatic rings. The molecule has 0 amide bonds. The van der Waals surface area contributed by atoms with Gasteiger partial charge in [-0.1, -0.05) is 6.92 Å². The van der Waals surface area contributed by atoms with E-state index in [4.69, 9.17) is 11.6 Å². The highest BCUT2D eigenvalue weighted by atomic mass is 35.5. The number of halogens is 1. The van der Waals surface area contributed by atoms with E-state index in [1.807, 2.05) is 6.92 Å². The van der Waals surface area contributed by atoms with Crippen molar-refractivity contribution in [3.05, 3.63) is 10.6 Å². The molecular weight excluding hydrogens is 204 g/mol. The van der Waals surface area contributed by atoms with Crippen molar-refractivity contribution in [1.82, 2.24) is 4.98 Å². The van der Waals surface area contributed by atoms with Gasteiger partial charge in [0.2, 0.25) is 0 Å². The molecule has 1 rings (SSSR count). The first-order valence-corrected chi connectivity index (χ1v) is 5.70. The summed E-state index contributed by atoms with van der Waals surface area (Å²) in [5.41, 5.74) is 1.11. The van der Waals surface area contributed by atoms with Crippen LogP contribution in [0.3, 0.4) is 0 Å². The maximum Gasteiger partial charge on any atom is 0.183 e. The van der Waals surface area contributed by atoms with Crippen molar-refractivity contribution < 1.29 is 0 Å². The fourth-order valence-electron chi connectivity index (χ4n) is 0.891. The van der Waals surface area contributed by atoms with Crippen LogP contribution in [0.2, 0.25) is 0 Å². The summed E-state index contributed by atoms with van der Waals surface area (Å²) in [5.74, 6) is 0. The Morgan fingerprint density at radius 3 is 2.69 bits per heavy atom. The lowest BCUT2D eigenvalue weighted by atomic mass is 10.3. The molecule has 1 aromatic heterocycles. The van der Waals surface area contributed by atoms with Gasteiger partial charge in [0, 0.05) is 11.4 Å². The average molecular weight is 219 g/mol. The van der Waals surface area contributed by atoms with Gasteiger partial charge in [-0.25, -0.2) is 4.98 Å². The Kier molecular flexibility index (Phi) is 4.00. The second-order valence-electron chi connectivity index (χ2n) is 3.05. The third-order valence-electron chi connectivity index (χ3n) is 1.95. The topological polar surface area (TPSA) is 24.9 Å². The molecule has 0 spiro atoms. The molecule has 13 heavy (non-hydrogen) atoms. The normalized spacial score (nSPS) is 12.9. The standard InChI is InChI=1S/C9H15ClN2S/c1-4-8(10)5-11-9-12-6(2)7(3)13-9/h8H,4-5H2,1-3H3,(H,11,12). The number of alkyl halides is 1. The molecule has 0 aliphatic rings. The minimum atomic E-state index is 0.199. The van der Waals surface area contributed by atoms with E-state index in [1.54, 1.807) is 11.3 Å². The molecule has 0 saturated heterocycles. The van der Waals surface area contributed by atoms with Crippen LogP contribution in [-0.2, 0) is 0 Å². The van der Waals surface area contributed by atoms with Crippen LogP contribution in [0.4, 0.5) is 5.13 Å². The Bertz CT molecular complexity index is 253. The lowest BCUT2D eigenvalue weighted by molar-refractivity contribution is 0.842. The van der Waals surface area contributed by atoms with E-state index in [0.29, 0.717) is 0 Å². The van der Waals surface area contributed by atoms with Crippen LogP contribution in [0, 0.1) is 13.8 Å². The summed E-state index contributed by atoms with van der Waals surface area (Å²) in [6.07, 6.45) is 0.984. The van der Waals surface area contributed by atoms with Crippen molar-refractivity contribution >= 4 is 28.1 Å². The van der Waals surface area contributed by atoms with Gasteiger partial charge in [-0.15, -0.1) is 22.9 Å². The van der Waals surface area contributed by atoms with Crippen LogP contribution in [0.1, 0.15) is 23.9 Å². The zero-order chi connectivity index (χ0) is 9.84. The third-order valence-corrected chi connectivity index (χ3v) is 3.44. The first-order valence-electron chi connectivity index (χ1n) is 4.45. The number of thiazole rings is 1. The highest BCUT2D eigenvalue weighted by Gasteiger charge is 2.05. The molecule has 74 valence electrons. The number of nitrogens with one attached hydrogen (secondary N) is 1. The first-order chi connectivity index (χ1) is 6.13. The summed E-state index contributed by atoms with van der Waals surface area (Å²) in [6, 6.07) is 0. The number of aryl methyl sites for hydroxylation is 2. The van der Waals surface area contributed by atoms with E-state index in [-0.39, 0.29) is 5.38 Å². The second-order valence-corrected chi connectivity index (χ2v) is 4.87. The molecule has 1 N–H and O–H groups in total. The molecule has 0 aromatic carbocycles. The van der Waals surface area contributed by atoms with E-state index in [2.05, 4.69) is 24.1 Å². The molecule has 0 bridgehead atoms. The molecule has 0 aliphatic heterocycles. The van der Waals surface area contributed by atoms with Gasteiger partial charge in [-0.3, -0.25) is 0 Å². The first kappa shape index (κ1) is 10.8.